The lowest BCUT2D eigenvalue weighted by Crippen LogP contribution is -2.24. The van der Waals surface area contributed by atoms with Gasteiger partial charge in [-0.1, -0.05) is 6.07 Å². The molecule has 1 unspecified atom stereocenters. The van der Waals surface area contributed by atoms with Crippen molar-refractivity contribution in [2.75, 3.05) is 40.6 Å². The van der Waals surface area contributed by atoms with Crippen LogP contribution >= 0.6 is 0 Å². The maximum absolute atomic E-state index is 9.72. The molecule has 1 atom stereocenters. The molecule has 0 spiro atoms. The van der Waals surface area contributed by atoms with E-state index < -0.39 is 6.10 Å². The van der Waals surface area contributed by atoms with E-state index in [2.05, 4.69) is 0 Å². The van der Waals surface area contributed by atoms with E-state index in [0.717, 1.165) is 0 Å². The largest absolute Gasteiger partial charge is 0.493 e. The monoisotopic (exact) mass is 286 g/mol. The quantitative estimate of drug-likeness (QED) is 0.613. The highest BCUT2D eigenvalue weighted by Crippen LogP contribution is 2.28. The fourth-order valence-electron chi connectivity index (χ4n) is 1.53. The molecule has 0 radical (unpaired) electrons. The maximum Gasteiger partial charge on any atom is 0.161 e. The lowest BCUT2D eigenvalue weighted by Gasteiger charge is -2.15. The van der Waals surface area contributed by atoms with Gasteiger partial charge in [-0.25, -0.2) is 0 Å². The van der Waals surface area contributed by atoms with Crippen LogP contribution in [0.2, 0.25) is 0 Å². The lowest BCUT2D eigenvalue weighted by molar-refractivity contribution is -0.00452. The van der Waals surface area contributed by atoms with Gasteiger partial charge < -0.3 is 29.2 Å². The topological polar surface area (TPSA) is 77.4 Å². The van der Waals surface area contributed by atoms with E-state index >= 15 is 0 Å². The average molecular weight is 286 g/mol. The van der Waals surface area contributed by atoms with E-state index in [9.17, 15) is 5.11 Å². The van der Waals surface area contributed by atoms with E-state index in [1.165, 1.54) is 7.11 Å². The summed E-state index contributed by atoms with van der Waals surface area (Å²) in [5.41, 5.74) is 0.714. The smallest absolute Gasteiger partial charge is 0.161 e. The average Bonchev–Trinajstić information content (AvgIpc) is 2.49. The molecule has 0 aliphatic heterocycles. The Morgan fingerprint density at radius 3 is 2.55 bits per heavy atom. The Balaban J connectivity index is 2.43. The van der Waals surface area contributed by atoms with Crippen molar-refractivity contribution in [3.63, 3.8) is 0 Å². The number of aliphatic hydroxyl groups is 2. The molecule has 114 valence electrons. The molecule has 0 bridgehead atoms. The molecule has 0 saturated heterocycles. The molecular formula is C14H22O6. The zero-order chi connectivity index (χ0) is 14.8. The number of benzene rings is 1. The van der Waals surface area contributed by atoms with Crippen LogP contribution in [0.15, 0.2) is 18.2 Å². The van der Waals surface area contributed by atoms with Crippen LogP contribution in [0, 0.1) is 0 Å². The molecule has 0 amide bonds. The second-order valence-electron chi connectivity index (χ2n) is 4.18. The van der Waals surface area contributed by atoms with Gasteiger partial charge in [0, 0.05) is 7.11 Å². The molecule has 0 heterocycles. The number of hydrogen-bond acceptors (Lipinski definition) is 6. The van der Waals surface area contributed by atoms with Crippen molar-refractivity contribution in [1.29, 1.82) is 0 Å². The first-order valence-electron chi connectivity index (χ1n) is 6.36. The SMILES string of the molecule is COCCOCC(O)COc1cc(CO)ccc1OC. The number of aliphatic hydroxyl groups excluding tert-OH is 2. The second-order valence-corrected chi connectivity index (χ2v) is 4.18. The fourth-order valence-corrected chi connectivity index (χ4v) is 1.53. The predicted molar refractivity (Wildman–Crippen MR) is 73.1 cm³/mol. The molecule has 6 heteroatoms. The van der Waals surface area contributed by atoms with Crippen LogP contribution in [0.5, 0.6) is 11.5 Å². The minimum Gasteiger partial charge on any atom is -0.493 e. The standard InChI is InChI=1S/C14H22O6/c1-17-5-6-19-9-12(16)10-20-14-7-11(8-15)3-4-13(14)18-2/h3-4,7,12,15-16H,5-6,8-10H2,1-2H3. The zero-order valence-electron chi connectivity index (χ0n) is 11.9. The van der Waals surface area contributed by atoms with E-state index in [-0.39, 0.29) is 19.8 Å². The molecule has 0 aromatic heterocycles. The predicted octanol–water partition coefficient (Wildman–Crippen LogP) is 0.590. The van der Waals surface area contributed by atoms with Gasteiger partial charge in [-0.15, -0.1) is 0 Å². The normalized spacial score (nSPS) is 12.2. The van der Waals surface area contributed by atoms with Gasteiger partial charge in [0.15, 0.2) is 11.5 Å². The summed E-state index contributed by atoms with van der Waals surface area (Å²) in [6, 6.07) is 5.13. The Kier molecular flexibility index (Phi) is 7.98. The van der Waals surface area contributed by atoms with Crippen LogP contribution in [0.4, 0.5) is 0 Å². The summed E-state index contributed by atoms with van der Waals surface area (Å²) in [4.78, 5) is 0. The minimum atomic E-state index is -0.741. The van der Waals surface area contributed by atoms with Crippen molar-refractivity contribution >= 4 is 0 Å². The lowest BCUT2D eigenvalue weighted by atomic mass is 10.2. The van der Waals surface area contributed by atoms with Crippen molar-refractivity contribution in [2.24, 2.45) is 0 Å². The summed E-state index contributed by atoms with van der Waals surface area (Å²) in [5, 5.41) is 18.8. The number of methoxy groups -OCH3 is 2. The fraction of sp³-hybridized carbons (Fsp3) is 0.571. The Bertz CT molecular complexity index is 382. The Hall–Kier alpha value is -1.34. The van der Waals surface area contributed by atoms with Crippen molar-refractivity contribution in [3.8, 4) is 11.5 Å². The zero-order valence-corrected chi connectivity index (χ0v) is 11.9. The molecule has 20 heavy (non-hydrogen) atoms. The highest BCUT2D eigenvalue weighted by atomic mass is 16.5. The van der Waals surface area contributed by atoms with Crippen LogP contribution in [-0.4, -0.2) is 57.0 Å². The number of ether oxygens (including phenoxy) is 4. The summed E-state index contributed by atoms with van der Waals surface area (Å²) in [6.07, 6.45) is -0.741. The Morgan fingerprint density at radius 2 is 1.90 bits per heavy atom. The van der Waals surface area contributed by atoms with Gasteiger partial charge in [-0.2, -0.15) is 0 Å². The van der Waals surface area contributed by atoms with Crippen LogP contribution in [-0.2, 0) is 16.1 Å². The second kappa shape index (κ2) is 9.55. The first-order valence-corrected chi connectivity index (χ1v) is 6.36. The van der Waals surface area contributed by atoms with Crippen molar-refractivity contribution < 1.29 is 29.2 Å². The van der Waals surface area contributed by atoms with Gasteiger partial charge in [0.2, 0.25) is 0 Å². The minimum absolute atomic E-state index is 0.0803. The molecule has 0 saturated carbocycles. The third-order valence-electron chi connectivity index (χ3n) is 2.58. The van der Waals surface area contributed by atoms with Gasteiger partial charge in [0.1, 0.15) is 12.7 Å². The molecule has 1 rings (SSSR count). The molecular weight excluding hydrogens is 264 g/mol. The third-order valence-corrected chi connectivity index (χ3v) is 2.58. The van der Waals surface area contributed by atoms with Crippen LogP contribution in [0.3, 0.4) is 0 Å². The van der Waals surface area contributed by atoms with Gasteiger partial charge in [0.25, 0.3) is 0 Å². The molecule has 2 N–H and O–H groups in total. The van der Waals surface area contributed by atoms with Gasteiger partial charge in [-0.05, 0) is 17.7 Å². The molecule has 6 nitrogen and oxygen atoms in total. The highest BCUT2D eigenvalue weighted by molar-refractivity contribution is 5.42. The molecule has 0 aliphatic rings. The molecule has 0 fully saturated rings. The van der Waals surface area contributed by atoms with Gasteiger partial charge in [-0.3, -0.25) is 0 Å². The van der Waals surface area contributed by atoms with Crippen LogP contribution < -0.4 is 9.47 Å². The van der Waals surface area contributed by atoms with Gasteiger partial charge in [0.05, 0.1) is 33.5 Å². The first-order chi connectivity index (χ1) is 9.71. The van der Waals surface area contributed by atoms with Crippen LogP contribution in [0.1, 0.15) is 5.56 Å². The molecule has 1 aromatic rings. The molecule has 0 aliphatic carbocycles. The summed E-state index contributed by atoms with van der Waals surface area (Å²) in [7, 11) is 3.12. The van der Waals surface area contributed by atoms with E-state index in [1.54, 1.807) is 25.3 Å². The van der Waals surface area contributed by atoms with Crippen molar-refractivity contribution in [3.05, 3.63) is 23.8 Å². The summed E-state index contributed by atoms with van der Waals surface area (Å²) in [6.45, 7) is 1.09. The highest BCUT2D eigenvalue weighted by Gasteiger charge is 2.10. The Labute approximate surface area is 118 Å². The number of hydrogen-bond donors (Lipinski definition) is 2. The van der Waals surface area contributed by atoms with Crippen molar-refractivity contribution in [1.82, 2.24) is 0 Å². The Morgan fingerprint density at radius 1 is 1.10 bits per heavy atom. The maximum atomic E-state index is 9.72. The number of rotatable bonds is 10. The third kappa shape index (κ3) is 5.75. The van der Waals surface area contributed by atoms with E-state index in [4.69, 9.17) is 24.1 Å². The summed E-state index contributed by atoms with van der Waals surface area (Å²) in [5.74, 6) is 1.03. The van der Waals surface area contributed by atoms with Crippen LogP contribution in [0.25, 0.3) is 0 Å². The molecule has 1 aromatic carbocycles. The van der Waals surface area contributed by atoms with E-state index in [1.807, 2.05) is 0 Å². The van der Waals surface area contributed by atoms with Gasteiger partial charge >= 0.3 is 0 Å². The first kappa shape index (κ1) is 16.7. The van der Waals surface area contributed by atoms with E-state index in [0.29, 0.717) is 30.3 Å². The summed E-state index contributed by atoms with van der Waals surface area (Å²) >= 11 is 0. The van der Waals surface area contributed by atoms with Crippen molar-refractivity contribution in [2.45, 2.75) is 12.7 Å². The summed E-state index contributed by atoms with van der Waals surface area (Å²) < 4.78 is 20.7.